The van der Waals surface area contributed by atoms with Crippen LogP contribution >= 0.6 is 11.8 Å². The summed E-state index contributed by atoms with van der Waals surface area (Å²) in [6, 6.07) is 6.66. The molecule has 21 heavy (non-hydrogen) atoms. The van der Waals surface area contributed by atoms with Gasteiger partial charge in [-0.15, -0.1) is 11.8 Å². The van der Waals surface area contributed by atoms with Crippen molar-refractivity contribution < 1.29 is 9.18 Å². The van der Waals surface area contributed by atoms with Crippen LogP contribution in [0.1, 0.15) is 5.56 Å². The summed E-state index contributed by atoms with van der Waals surface area (Å²) in [5.41, 5.74) is -1.31. The van der Waals surface area contributed by atoms with E-state index in [2.05, 4.69) is 5.32 Å². The van der Waals surface area contributed by atoms with Gasteiger partial charge in [-0.1, -0.05) is 12.1 Å². The molecule has 1 aromatic heterocycles. The number of hydrogen-bond acceptors (Lipinski definition) is 4. The molecule has 1 amide bonds. The number of nitrogens with zero attached hydrogens (tertiary/aromatic N) is 1. The highest BCUT2D eigenvalue weighted by Crippen LogP contribution is 2.14. The molecule has 0 aliphatic rings. The van der Waals surface area contributed by atoms with Crippen molar-refractivity contribution in [1.82, 2.24) is 14.9 Å². The van der Waals surface area contributed by atoms with Gasteiger partial charge in [0.1, 0.15) is 0 Å². The van der Waals surface area contributed by atoms with Crippen LogP contribution in [0.2, 0.25) is 0 Å². The van der Waals surface area contributed by atoms with Gasteiger partial charge in [0.25, 0.3) is 5.56 Å². The third kappa shape index (κ3) is 3.60. The molecule has 2 aromatic rings. The summed E-state index contributed by atoms with van der Waals surface area (Å²) >= 11 is 1.60. The van der Waals surface area contributed by atoms with Gasteiger partial charge in [0.2, 0.25) is 5.82 Å². The fraction of sp³-hybridized carbons (Fsp3) is 0.154. The van der Waals surface area contributed by atoms with Gasteiger partial charge in [0.15, 0.2) is 0 Å². The van der Waals surface area contributed by atoms with Crippen molar-refractivity contribution in [3.8, 4) is 0 Å². The fourth-order valence-corrected chi connectivity index (χ4v) is 2.01. The van der Waals surface area contributed by atoms with Gasteiger partial charge < -0.3 is 5.32 Å². The smallest absolute Gasteiger partial charge is 0.333 e. The highest BCUT2D eigenvalue weighted by molar-refractivity contribution is 7.98. The Hall–Kier alpha value is -2.35. The van der Waals surface area contributed by atoms with Crippen LogP contribution in [0.15, 0.2) is 44.9 Å². The third-order valence-corrected chi connectivity index (χ3v) is 3.46. The lowest BCUT2D eigenvalue weighted by molar-refractivity contribution is 0.240. The monoisotopic (exact) mass is 309 g/mol. The Morgan fingerprint density at radius 3 is 2.62 bits per heavy atom. The lowest BCUT2D eigenvalue weighted by Crippen LogP contribution is -2.40. The first-order chi connectivity index (χ1) is 10.0. The molecule has 0 aliphatic heterocycles. The second-order valence-corrected chi connectivity index (χ2v) is 4.99. The molecule has 0 spiro atoms. The molecular weight excluding hydrogens is 297 g/mol. The Kier molecular flexibility index (Phi) is 4.59. The predicted octanol–water partition coefficient (Wildman–Crippen LogP) is 1.16. The number of hydrogen-bond donors (Lipinski definition) is 2. The molecule has 0 fully saturated rings. The van der Waals surface area contributed by atoms with Gasteiger partial charge in [0, 0.05) is 11.4 Å². The number of benzene rings is 1. The predicted molar refractivity (Wildman–Crippen MR) is 77.1 cm³/mol. The van der Waals surface area contributed by atoms with E-state index < -0.39 is 23.1 Å². The van der Waals surface area contributed by atoms with Crippen LogP contribution in [0.25, 0.3) is 0 Å². The first kappa shape index (κ1) is 15.0. The van der Waals surface area contributed by atoms with Crippen LogP contribution < -0.4 is 16.6 Å². The van der Waals surface area contributed by atoms with Gasteiger partial charge in [-0.2, -0.15) is 4.39 Å². The van der Waals surface area contributed by atoms with Gasteiger partial charge >= 0.3 is 11.7 Å². The Morgan fingerprint density at radius 1 is 1.33 bits per heavy atom. The van der Waals surface area contributed by atoms with Crippen LogP contribution in [0.5, 0.6) is 0 Å². The topological polar surface area (TPSA) is 84.0 Å². The van der Waals surface area contributed by atoms with Crippen molar-refractivity contribution in [1.29, 1.82) is 0 Å². The Labute approximate surface area is 123 Å². The van der Waals surface area contributed by atoms with E-state index in [9.17, 15) is 18.8 Å². The minimum Gasteiger partial charge on any atom is -0.333 e. The van der Waals surface area contributed by atoms with Gasteiger partial charge in [0.05, 0.1) is 6.20 Å². The Morgan fingerprint density at radius 2 is 2.00 bits per heavy atom. The number of aromatic amines is 1. The molecule has 8 heteroatoms. The van der Waals surface area contributed by atoms with Crippen molar-refractivity contribution in [3.63, 3.8) is 0 Å². The molecule has 0 atom stereocenters. The van der Waals surface area contributed by atoms with Crippen LogP contribution in [0.4, 0.5) is 9.18 Å². The standard InChI is InChI=1S/C13H12FN3O3S/c1-21-9-4-2-8(3-5-9)6-15-12(19)17-7-10(14)11(18)16-13(17)20/h2-5,7H,6H2,1H3,(H,15,19)(H,16,18,20). The summed E-state index contributed by atoms with van der Waals surface area (Å²) in [6.07, 6.45) is 2.52. The molecule has 0 aliphatic carbocycles. The van der Waals surface area contributed by atoms with E-state index >= 15 is 0 Å². The Bertz CT molecular complexity index is 767. The van der Waals surface area contributed by atoms with Gasteiger partial charge in [-0.05, 0) is 24.0 Å². The average Bonchev–Trinajstić information content (AvgIpc) is 2.49. The number of carbonyl (C=O) groups excluding carboxylic acids is 1. The zero-order valence-corrected chi connectivity index (χ0v) is 11.9. The minimum atomic E-state index is -1.20. The van der Waals surface area contributed by atoms with Gasteiger partial charge in [-0.25, -0.2) is 14.2 Å². The maximum atomic E-state index is 13.1. The number of halogens is 1. The van der Waals surface area contributed by atoms with Crippen LogP contribution in [0.3, 0.4) is 0 Å². The molecule has 0 bridgehead atoms. The summed E-state index contributed by atoms with van der Waals surface area (Å²) in [6.45, 7) is 0.181. The van der Waals surface area contributed by atoms with E-state index in [0.29, 0.717) is 10.8 Å². The van der Waals surface area contributed by atoms with E-state index in [-0.39, 0.29) is 6.54 Å². The minimum absolute atomic E-state index is 0.181. The Balaban J connectivity index is 2.09. The first-order valence-electron chi connectivity index (χ1n) is 5.94. The van der Waals surface area contributed by atoms with Crippen molar-refractivity contribution in [3.05, 3.63) is 62.7 Å². The van der Waals surface area contributed by atoms with Gasteiger partial charge in [-0.3, -0.25) is 9.78 Å². The number of nitrogens with one attached hydrogen (secondary N) is 2. The zero-order chi connectivity index (χ0) is 15.4. The highest BCUT2D eigenvalue weighted by atomic mass is 32.2. The zero-order valence-electron chi connectivity index (χ0n) is 11.1. The van der Waals surface area contributed by atoms with Crippen molar-refractivity contribution in [2.24, 2.45) is 0 Å². The van der Waals surface area contributed by atoms with E-state index in [4.69, 9.17) is 0 Å². The van der Waals surface area contributed by atoms with E-state index in [0.717, 1.165) is 10.5 Å². The molecule has 0 radical (unpaired) electrons. The maximum absolute atomic E-state index is 13.1. The summed E-state index contributed by atoms with van der Waals surface area (Å²) in [5, 5.41) is 2.47. The second kappa shape index (κ2) is 6.40. The van der Waals surface area contributed by atoms with E-state index in [1.807, 2.05) is 30.5 Å². The number of aromatic nitrogens is 2. The van der Waals surface area contributed by atoms with E-state index in [1.54, 1.807) is 16.7 Å². The van der Waals surface area contributed by atoms with Crippen molar-refractivity contribution in [2.75, 3.05) is 6.26 Å². The third-order valence-electron chi connectivity index (χ3n) is 2.72. The number of thioether (sulfide) groups is 1. The SMILES string of the molecule is CSc1ccc(CNC(=O)n2cc(F)c(=O)[nH]c2=O)cc1. The molecule has 1 aromatic carbocycles. The second-order valence-electron chi connectivity index (χ2n) is 4.11. The average molecular weight is 309 g/mol. The normalized spacial score (nSPS) is 10.4. The largest absolute Gasteiger partial charge is 0.336 e. The number of carbonyl (C=O) groups is 1. The maximum Gasteiger partial charge on any atom is 0.336 e. The fourth-order valence-electron chi connectivity index (χ4n) is 1.60. The van der Waals surface area contributed by atoms with E-state index in [1.165, 1.54) is 0 Å². The number of H-pyrrole nitrogens is 1. The molecule has 0 unspecified atom stereocenters. The van der Waals surface area contributed by atoms with Crippen LogP contribution in [-0.2, 0) is 6.54 Å². The lowest BCUT2D eigenvalue weighted by Gasteiger charge is -2.07. The number of amides is 1. The molecule has 0 saturated heterocycles. The molecule has 0 saturated carbocycles. The van der Waals surface area contributed by atoms with Crippen LogP contribution in [-0.4, -0.2) is 21.8 Å². The molecule has 110 valence electrons. The molecule has 2 N–H and O–H groups in total. The quantitative estimate of drug-likeness (QED) is 0.833. The molecule has 2 rings (SSSR count). The van der Waals surface area contributed by atoms with Crippen molar-refractivity contribution >= 4 is 17.8 Å². The molecule has 6 nitrogen and oxygen atoms in total. The van der Waals surface area contributed by atoms with Crippen LogP contribution in [0, 0.1) is 5.82 Å². The first-order valence-corrected chi connectivity index (χ1v) is 7.16. The lowest BCUT2D eigenvalue weighted by atomic mass is 10.2. The highest BCUT2D eigenvalue weighted by Gasteiger charge is 2.10. The van der Waals surface area contributed by atoms with Crippen molar-refractivity contribution in [2.45, 2.75) is 11.4 Å². The molecular formula is C13H12FN3O3S. The summed E-state index contributed by atoms with van der Waals surface area (Å²) < 4.78 is 13.6. The summed E-state index contributed by atoms with van der Waals surface area (Å²) in [4.78, 5) is 36.9. The number of rotatable bonds is 3. The molecule has 1 heterocycles. The summed E-state index contributed by atoms with van der Waals surface area (Å²) in [5.74, 6) is -1.20. The summed E-state index contributed by atoms with van der Waals surface area (Å²) in [7, 11) is 0.